The third kappa shape index (κ3) is 5.56. The number of anilines is 1. The zero-order chi connectivity index (χ0) is 18.2. The van der Waals surface area contributed by atoms with E-state index < -0.39 is 0 Å². The minimum absolute atomic E-state index is 0.185. The Labute approximate surface area is 157 Å². The summed E-state index contributed by atoms with van der Waals surface area (Å²) in [5, 5.41) is 7.87. The molecule has 25 heavy (non-hydrogen) atoms. The summed E-state index contributed by atoms with van der Waals surface area (Å²) in [6.45, 7) is 7.45. The first kappa shape index (κ1) is 19.4. The van der Waals surface area contributed by atoms with E-state index in [-0.39, 0.29) is 11.8 Å². The van der Waals surface area contributed by atoms with Gasteiger partial charge in [0.25, 0.3) is 11.8 Å². The van der Waals surface area contributed by atoms with Crippen LogP contribution in [0.2, 0.25) is 5.02 Å². The molecule has 7 heteroatoms. The number of thiophene rings is 1. The first-order chi connectivity index (χ1) is 12.0. The summed E-state index contributed by atoms with van der Waals surface area (Å²) in [5.41, 5.74) is 0.891. The van der Waals surface area contributed by atoms with E-state index in [1.54, 1.807) is 30.3 Å². The van der Waals surface area contributed by atoms with E-state index in [2.05, 4.69) is 29.4 Å². The van der Waals surface area contributed by atoms with Crippen molar-refractivity contribution in [3.63, 3.8) is 0 Å². The van der Waals surface area contributed by atoms with E-state index in [0.717, 1.165) is 19.6 Å². The minimum atomic E-state index is -0.240. The zero-order valence-corrected chi connectivity index (χ0v) is 15.9. The van der Waals surface area contributed by atoms with Gasteiger partial charge >= 0.3 is 0 Å². The van der Waals surface area contributed by atoms with E-state index in [9.17, 15) is 9.59 Å². The Morgan fingerprint density at radius 3 is 2.56 bits per heavy atom. The van der Waals surface area contributed by atoms with Crippen LogP contribution in [-0.4, -0.2) is 42.9 Å². The quantitative estimate of drug-likeness (QED) is 0.734. The molecule has 0 radical (unpaired) electrons. The van der Waals surface area contributed by atoms with Gasteiger partial charge < -0.3 is 15.5 Å². The van der Waals surface area contributed by atoms with Gasteiger partial charge in [-0.15, -0.1) is 11.3 Å². The summed E-state index contributed by atoms with van der Waals surface area (Å²) in [4.78, 5) is 27.3. The molecule has 1 aromatic heterocycles. The molecule has 0 saturated carbocycles. The Morgan fingerprint density at radius 1 is 1.16 bits per heavy atom. The monoisotopic (exact) mass is 379 g/mol. The Balaban J connectivity index is 2.00. The normalized spacial score (nSPS) is 10.7. The third-order valence-corrected chi connectivity index (χ3v) is 5.03. The van der Waals surface area contributed by atoms with Gasteiger partial charge in [0.15, 0.2) is 0 Å². The lowest BCUT2D eigenvalue weighted by Gasteiger charge is -2.18. The molecule has 0 aliphatic carbocycles. The molecule has 0 atom stereocenters. The standard InChI is InChI=1S/C18H22ClN3O2S/c1-3-22(4-2)10-9-20-17(23)13-7-8-14(19)15(12-13)21-18(24)16-6-5-11-25-16/h5-8,11-12H,3-4,9-10H2,1-2H3,(H,20,23)(H,21,24). The maximum atomic E-state index is 12.3. The largest absolute Gasteiger partial charge is 0.351 e. The summed E-state index contributed by atoms with van der Waals surface area (Å²) in [6.07, 6.45) is 0. The van der Waals surface area contributed by atoms with Crippen molar-refractivity contribution in [2.24, 2.45) is 0 Å². The number of halogens is 1. The minimum Gasteiger partial charge on any atom is -0.351 e. The van der Waals surface area contributed by atoms with E-state index in [0.29, 0.717) is 27.7 Å². The van der Waals surface area contributed by atoms with Gasteiger partial charge in [-0.1, -0.05) is 31.5 Å². The van der Waals surface area contributed by atoms with Gasteiger partial charge in [-0.25, -0.2) is 0 Å². The van der Waals surface area contributed by atoms with Gasteiger partial charge in [-0.2, -0.15) is 0 Å². The lowest BCUT2D eigenvalue weighted by molar-refractivity contribution is 0.0947. The summed E-state index contributed by atoms with van der Waals surface area (Å²) in [5.74, 6) is -0.425. The van der Waals surface area contributed by atoms with Gasteiger partial charge in [0, 0.05) is 18.7 Å². The Hall–Kier alpha value is -1.89. The molecule has 0 aliphatic rings. The second-order valence-electron chi connectivity index (χ2n) is 5.41. The van der Waals surface area contributed by atoms with Gasteiger partial charge in [0.2, 0.25) is 0 Å². The number of hydrogen-bond acceptors (Lipinski definition) is 4. The van der Waals surface area contributed by atoms with Gasteiger partial charge in [0.1, 0.15) is 0 Å². The van der Waals surface area contributed by atoms with E-state index in [4.69, 9.17) is 11.6 Å². The third-order valence-electron chi connectivity index (χ3n) is 3.83. The average molecular weight is 380 g/mol. The highest BCUT2D eigenvalue weighted by atomic mass is 35.5. The maximum absolute atomic E-state index is 12.3. The Morgan fingerprint density at radius 2 is 1.92 bits per heavy atom. The van der Waals surface area contributed by atoms with Crippen LogP contribution in [0.1, 0.15) is 33.9 Å². The molecule has 0 saturated heterocycles. The lowest BCUT2D eigenvalue weighted by atomic mass is 10.2. The molecule has 2 rings (SSSR count). The topological polar surface area (TPSA) is 61.4 Å². The van der Waals surface area contributed by atoms with Crippen LogP contribution < -0.4 is 10.6 Å². The molecule has 2 aromatic rings. The molecular formula is C18H22ClN3O2S. The van der Waals surface area contributed by atoms with Crippen molar-refractivity contribution >= 4 is 40.4 Å². The SMILES string of the molecule is CCN(CC)CCNC(=O)c1ccc(Cl)c(NC(=O)c2cccs2)c1. The molecule has 134 valence electrons. The van der Waals surface area contributed by atoms with Crippen LogP contribution in [0.4, 0.5) is 5.69 Å². The number of nitrogens with zero attached hydrogens (tertiary/aromatic N) is 1. The van der Waals surface area contributed by atoms with Gasteiger partial charge in [-0.05, 0) is 42.7 Å². The van der Waals surface area contributed by atoms with Crippen LogP contribution >= 0.6 is 22.9 Å². The summed E-state index contributed by atoms with van der Waals surface area (Å²) in [7, 11) is 0. The number of amides is 2. The average Bonchev–Trinajstić information content (AvgIpc) is 3.15. The molecule has 1 heterocycles. The van der Waals surface area contributed by atoms with E-state index >= 15 is 0 Å². The molecule has 2 N–H and O–H groups in total. The molecular weight excluding hydrogens is 358 g/mol. The zero-order valence-electron chi connectivity index (χ0n) is 14.3. The predicted molar refractivity (Wildman–Crippen MR) is 104 cm³/mol. The lowest BCUT2D eigenvalue weighted by Crippen LogP contribution is -2.34. The molecule has 0 unspecified atom stereocenters. The van der Waals surface area contributed by atoms with Crippen LogP contribution in [0, 0.1) is 0 Å². The van der Waals surface area contributed by atoms with Crippen molar-refractivity contribution in [1.29, 1.82) is 0 Å². The molecule has 0 fully saturated rings. The van der Waals surface area contributed by atoms with Gasteiger partial charge in [-0.3, -0.25) is 9.59 Å². The molecule has 0 aliphatic heterocycles. The van der Waals surface area contributed by atoms with Crippen LogP contribution in [0.5, 0.6) is 0 Å². The van der Waals surface area contributed by atoms with Crippen molar-refractivity contribution < 1.29 is 9.59 Å². The number of carbonyl (C=O) groups excluding carboxylic acids is 2. The van der Waals surface area contributed by atoms with Crippen molar-refractivity contribution in [3.8, 4) is 0 Å². The highest BCUT2D eigenvalue weighted by Crippen LogP contribution is 2.24. The highest BCUT2D eigenvalue weighted by molar-refractivity contribution is 7.12. The van der Waals surface area contributed by atoms with Crippen molar-refractivity contribution in [3.05, 3.63) is 51.2 Å². The van der Waals surface area contributed by atoms with E-state index in [1.807, 2.05) is 5.38 Å². The first-order valence-electron chi connectivity index (χ1n) is 8.20. The van der Waals surface area contributed by atoms with Crippen molar-refractivity contribution in [2.45, 2.75) is 13.8 Å². The number of likely N-dealkylation sites (N-methyl/N-ethyl adjacent to an activating group) is 1. The number of carbonyl (C=O) groups is 2. The predicted octanol–water partition coefficient (Wildman–Crippen LogP) is 3.73. The fourth-order valence-electron chi connectivity index (χ4n) is 2.32. The molecule has 1 aromatic carbocycles. The number of rotatable bonds is 8. The number of nitrogens with one attached hydrogen (secondary N) is 2. The van der Waals surface area contributed by atoms with Crippen LogP contribution in [0.25, 0.3) is 0 Å². The van der Waals surface area contributed by atoms with Gasteiger partial charge in [0.05, 0.1) is 15.6 Å². The molecule has 2 amide bonds. The van der Waals surface area contributed by atoms with Crippen LogP contribution in [0.3, 0.4) is 0 Å². The van der Waals surface area contributed by atoms with Crippen LogP contribution in [-0.2, 0) is 0 Å². The smallest absolute Gasteiger partial charge is 0.265 e. The number of hydrogen-bond donors (Lipinski definition) is 2. The molecule has 0 spiro atoms. The second-order valence-corrected chi connectivity index (χ2v) is 6.76. The van der Waals surface area contributed by atoms with Crippen molar-refractivity contribution in [1.82, 2.24) is 10.2 Å². The number of benzene rings is 1. The maximum Gasteiger partial charge on any atom is 0.265 e. The molecule has 5 nitrogen and oxygen atoms in total. The van der Waals surface area contributed by atoms with E-state index in [1.165, 1.54) is 11.3 Å². The van der Waals surface area contributed by atoms with Crippen LogP contribution in [0.15, 0.2) is 35.7 Å². The summed E-state index contributed by atoms with van der Waals surface area (Å²) >= 11 is 7.49. The summed E-state index contributed by atoms with van der Waals surface area (Å²) in [6, 6.07) is 8.40. The Kier molecular flexibility index (Phi) is 7.43. The summed E-state index contributed by atoms with van der Waals surface area (Å²) < 4.78 is 0. The fourth-order valence-corrected chi connectivity index (χ4v) is 3.11. The molecule has 0 bridgehead atoms. The second kappa shape index (κ2) is 9.56. The highest BCUT2D eigenvalue weighted by Gasteiger charge is 2.13. The first-order valence-corrected chi connectivity index (χ1v) is 9.45. The fraction of sp³-hybridized carbons (Fsp3) is 0.333. The van der Waals surface area contributed by atoms with Crippen molar-refractivity contribution in [2.75, 3.05) is 31.5 Å². The Bertz CT molecular complexity index is 715.